The highest BCUT2D eigenvalue weighted by atomic mass is 16.3. The maximum absolute atomic E-state index is 13.0. The van der Waals surface area contributed by atoms with Gasteiger partial charge in [-0.3, -0.25) is 4.79 Å². The molecule has 1 aliphatic rings. The van der Waals surface area contributed by atoms with Crippen molar-refractivity contribution in [1.29, 1.82) is 0 Å². The summed E-state index contributed by atoms with van der Waals surface area (Å²) in [5, 5.41) is 10.7. The van der Waals surface area contributed by atoms with Gasteiger partial charge in [0.2, 0.25) is 0 Å². The quantitative estimate of drug-likeness (QED) is 0.674. The fraction of sp³-hybridized carbons (Fsp3) is 0.440. The average Bonchev–Trinajstić information content (AvgIpc) is 3.21. The van der Waals surface area contributed by atoms with Crippen LogP contribution in [0.1, 0.15) is 53.0 Å². The van der Waals surface area contributed by atoms with Gasteiger partial charge in [0.15, 0.2) is 0 Å². The summed E-state index contributed by atoms with van der Waals surface area (Å²) >= 11 is 0. The summed E-state index contributed by atoms with van der Waals surface area (Å²) in [5.41, 5.74) is 11.5. The molecule has 4 rings (SSSR count). The number of imidazole rings is 1. The number of aromatic nitrogens is 2. The minimum absolute atomic E-state index is 0.120. The largest absolute Gasteiger partial charge is 0.391 e. The van der Waals surface area contributed by atoms with E-state index in [0.29, 0.717) is 25.3 Å². The van der Waals surface area contributed by atoms with Crippen molar-refractivity contribution in [1.82, 2.24) is 14.3 Å². The third kappa shape index (κ3) is 4.97. The second kappa shape index (κ2) is 10.1. The number of hydrogen-bond donors (Lipinski definition) is 2. The van der Waals surface area contributed by atoms with Crippen LogP contribution in [-0.2, 0) is 13.0 Å². The summed E-state index contributed by atoms with van der Waals surface area (Å²) in [6.07, 6.45) is 4.75. The minimum atomic E-state index is -0.556. The Morgan fingerprint density at radius 2 is 1.90 bits per heavy atom. The van der Waals surface area contributed by atoms with E-state index in [1.54, 1.807) is 11.1 Å². The number of nitrogens with zero attached hydrogens (tertiary/aromatic N) is 3. The van der Waals surface area contributed by atoms with Crippen LogP contribution in [0.5, 0.6) is 0 Å². The summed E-state index contributed by atoms with van der Waals surface area (Å²) < 4.78 is 1.91. The molecule has 0 aliphatic carbocycles. The summed E-state index contributed by atoms with van der Waals surface area (Å²) in [4.78, 5) is 19.3. The fourth-order valence-electron chi connectivity index (χ4n) is 4.35. The Labute approximate surface area is 184 Å². The molecule has 1 aromatic carbocycles. The Kier molecular flexibility index (Phi) is 7.46. The molecule has 0 radical (unpaired) electrons. The molecule has 1 amide bonds. The zero-order valence-corrected chi connectivity index (χ0v) is 19.0. The third-order valence-corrected chi connectivity index (χ3v) is 5.92. The molecule has 3 N–H and O–H groups in total. The van der Waals surface area contributed by atoms with Crippen LogP contribution < -0.4 is 5.73 Å². The molecule has 6 heteroatoms. The standard InChI is InChI=1S/C23H28N4O2.C2H6/c1-15-9-16(2)22-25-20(13-27(22)12-15)23(29)26-8-7-18(21(28)14-26)10-17-5-3-4-6-19(17)11-24;1-2/h3-6,9,12-13,18,21,28H,7-8,10-11,14,24H2,1-2H3;1-2H3. The van der Waals surface area contributed by atoms with Crippen molar-refractivity contribution in [2.45, 2.75) is 53.2 Å². The number of aliphatic hydroxyl groups is 1. The number of fused-ring (bicyclic) bond motifs is 1. The van der Waals surface area contributed by atoms with Crippen LogP contribution in [0.2, 0.25) is 0 Å². The van der Waals surface area contributed by atoms with Crippen LogP contribution in [0, 0.1) is 19.8 Å². The van der Waals surface area contributed by atoms with E-state index in [1.807, 2.05) is 56.5 Å². The van der Waals surface area contributed by atoms with Crippen molar-refractivity contribution in [3.05, 3.63) is 70.7 Å². The van der Waals surface area contributed by atoms with Crippen LogP contribution in [0.3, 0.4) is 0 Å². The van der Waals surface area contributed by atoms with Gasteiger partial charge in [-0.25, -0.2) is 4.98 Å². The summed E-state index contributed by atoms with van der Waals surface area (Å²) in [5.74, 6) is 0.00308. The van der Waals surface area contributed by atoms with E-state index in [9.17, 15) is 9.90 Å². The first kappa shape index (κ1) is 23.0. The Balaban J connectivity index is 0.00000132. The first-order valence-corrected chi connectivity index (χ1v) is 11.2. The lowest BCUT2D eigenvalue weighted by atomic mass is 9.86. The minimum Gasteiger partial charge on any atom is -0.391 e. The van der Waals surface area contributed by atoms with Crippen molar-refractivity contribution in [2.24, 2.45) is 11.7 Å². The van der Waals surface area contributed by atoms with Gasteiger partial charge in [-0.2, -0.15) is 0 Å². The summed E-state index contributed by atoms with van der Waals surface area (Å²) in [6.45, 7) is 9.48. The Morgan fingerprint density at radius 3 is 2.58 bits per heavy atom. The number of carbonyl (C=O) groups is 1. The van der Waals surface area contributed by atoms with Crippen molar-refractivity contribution in [2.75, 3.05) is 13.1 Å². The molecular weight excluding hydrogens is 388 g/mol. The van der Waals surface area contributed by atoms with E-state index < -0.39 is 6.10 Å². The van der Waals surface area contributed by atoms with E-state index in [2.05, 4.69) is 17.1 Å². The first-order chi connectivity index (χ1) is 15.0. The number of rotatable bonds is 4. The van der Waals surface area contributed by atoms with Crippen LogP contribution in [0.4, 0.5) is 0 Å². The number of piperidine rings is 1. The van der Waals surface area contributed by atoms with Crippen molar-refractivity contribution >= 4 is 11.6 Å². The Morgan fingerprint density at radius 1 is 1.19 bits per heavy atom. The molecule has 1 fully saturated rings. The molecule has 2 aromatic heterocycles. The van der Waals surface area contributed by atoms with Crippen LogP contribution in [0.25, 0.3) is 5.65 Å². The van der Waals surface area contributed by atoms with Gasteiger partial charge in [-0.05, 0) is 54.9 Å². The van der Waals surface area contributed by atoms with Gasteiger partial charge < -0.3 is 20.1 Å². The molecule has 31 heavy (non-hydrogen) atoms. The number of likely N-dealkylation sites (tertiary alicyclic amines) is 1. The maximum Gasteiger partial charge on any atom is 0.274 e. The highest BCUT2D eigenvalue weighted by Gasteiger charge is 2.31. The topological polar surface area (TPSA) is 83.9 Å². The number of aryl methyl sites for hydroxylation is 2. The molecule has 0 spiro atoms. The Hall–Kier alpha value is -2.70. The number of hydrogen-bond acceptors (Lipinski definition) is 4. The van der Waals surface area contributed by atoms with Gasteiger partial charge in [0.05, 0.1) is 6.10 Å². The van der Waals surface area contributed by atoms with Gasteiger partial charge in [-0.15, -0.1) is 0 Å². The highest BCUT2D eigenvalue weighted by Crippen LogP contribution is 2.25. The van der Waals surface area contributed by atoms with Crippen LogP contribution >= 0.6 is 0 Å². The predicted molar refractivity (Wildman–Crippen MR) is 124 cm³/mol. The number of nitrogens with two attached hydrogens (primary N) is 1. The average molecular weight is 423 g/mol. The first-order valence-electron chi connectivity index (χ1n) is 11.2. The SMILES string of the molecule is CC.Cc1cc(C)c2nc(C(=O)N3CCC(Cc4ccccc4CN)C(O)C3)cn2c1. The van der Waals surface area contributed by atoms with Crippen molar-refractivity contribution in [3.63, 3.8) is 0 Å². The third-order valence-electron chi connectivity index (χ3n) is 5.92. The monoisotopic (exact) mass is 422 g/mol. The lowest BCUT2D eigenvalue weighted by Crippen LogP contribution is -2.47. The lowest BCUT2D eigenvalue weighted by Gasteiger charge is -2.36. The molecule has 166 valence electrons. The second-order valence-corrected chi connectivity index (χ2v) is 8.10. The molecule has 1 aliphatic heterocycles. The van der Waals surface area contributed by atoms with Crippen molar-refractivity contribution < 1.29 is 9.90 Å². The fourth-order valence-corrected chi connectivity index (χ4v) is 4.35. The van der Waals surface area contributed by atoms with E-state index in [1.165, 1.54) is 5.56 Å². The number of benzene rings is 1. The van der Waals surface area contributed by atoms with E-state index in [0.717, 1.165) is 35.2 Å². The zero-order valence-electron chi connectivity index (χ0n) is 19.0. The summed E-state index contributed by atoms with van der Waals surface area (Å²) in [7, 11) is 0. The molecule has 3 heterocycles. The van der Waals surface area contributed by atoms with E-state index in [-0.39, 0.29) is 11.8 Å². The van der Waals surface area contributed by atoms with Crippen molar-refractivity contribution in [3.8, 4) is 0 Å². The summed E-state index contributed by atoms with van der Waals surface area (Å²) in [6, 6.07) is 10.2. The smallest absolute Gasteiger partial charge is 0.274 e. The normalized spacial score (nSPS) is 18.6. The number of amides is 1. The number of aliphatic hydroxyl groups excluding tert-OH is 1. The molecule has 0 saturated carbocycles. The van der Waals surface area contributed by atoms with Gasteiger partial charge in [0, 0.05) is 32.0 Å². The maximum atomic E-state index is 13.0. The van der Waals surface area contributed by atoms with E-state index in [4.69, 9.17) is 5.73 Å². The molecule has 3 aromatic rings. The second-order valence-electron chi connectivity index (χ2n) is 8.10. The van der Waals surface area contributed by atoms with E-state index >= 15 is 0 Å². The molecule has 0 bridgehead atoms. The lowest BCUT2D eigenvalue weighted by molar-refractivity contribution is 0.0194. The predicted octanol–water partition coefficient (Wildman–Crippen LogP) is 3.50. The molecule has 1 saturated heterocycles. The van der Waals surface area contributed by atoms with Gasteiger partial charge in [-0.1, -0.05) is 44.2 Å². The molecule has 6 nitrogen and oxygen atoms in total. The van der Waals surface area contributed by atoms with Gasteiger partial charge in [0.1, 0.15) is 11.3 Å². The van der Waals surface area contributed by atoms with Crippen LogP contribution in [-0.4, -0.2) is 44.5 Å². The number of β-amino-alcohol motifs (C(OH)–C–C–N with tert-alkyl or cyclic N) is 1. The zero-order chi connectivity index (χ0) is 22.5. The van der Waals surface area contributed by atoms with Gasteiger partial charge >= 0.3 is 0 Å². The number of pyridine rings is 1. The molecular formula is C25H34N4O2. The van der Waals surface area contributed by atoms with Gasteiger partial charge in [0.25, 0.3) is 5.91 Å². The molecule has 2 unspecified atom stereocenters. The Bertz CT molecular complexity index is 1040. The molecule has 2 atom stereocenters. The van der Waals surface area contributed by atoms with Crippen LogP contribution in [0.15, 0.2) is 42.7 Å². The number of carbonyl (C=O) groups excluding carboxylic acids is 1. The highest BCUT2D eigenvalue weighted by molar-refractivity contribution is 5.93.